The lowest BCUT2D eigenvalue weighted by atomic mass is 9.86. The van der Waals surface area contributed by atoms with E-state index >= 15 is 0 Å². The second kappa shape index (κ2) is 7.45. The molecule has 0 radical (unpaired) electrons. The SMILES string of the molecule is CN(CC(=O)O)C1CCCN(C2CCCc3ccccc32)CC1. The van der Waals surface area contributed by atoms with E-state index in [2.05, 4.69) is 29.2 Å². The highest BCUT2D eigenvalue weighted by Gasteiger charge is 2.29. The van der Waals surface area contributed by atoms with E-state index in [0.717, 1.165) is 32.4 Å². The quantitative estimate of drug-likeness (QED) is 0.927. The van der Waals surface area contributed by atoms with Crippen LogP contribution in [0.4, 0.5) is 0 Å². The third-order valence-electron chi connectivity index (χ3n) is 5.52. The van der Waals surface area contributed by atoms with E-state index in [1.54, 1.807) is 0 Å². The van der Waals surface area contributed by atoms with Crippen molar-refractivity contribution < 1.29 is 9.90 Å². The molecule has 1 fully saturated rings. The van der Waals surface area contributed by atoms with Gasteiger partial charge < -0.3 is 5.11 Å². The molecule has 1 aromatic carbocycles. The van der Waals surface area contributed by atoms with Crippen LogP contribution in [0, 0.1) is 0 Å². The summed E-state index contributed by atoms with van der Waals surface area (Å²) in [6.07, 6.45) is 7.09. The fraction of sp³-hybridized carbons (Fsp3) is 0.632. The lowest BCUT2D eigenvalue weighted by Gasteiger charge is -2.35. The van der Waals surface area contributed by atoms with Crippen molar-refractivity contribution in [2.45, 2.75) is 50.6 Å². The van der Waals surface area contributed by atoms with Crippen LogP contribution >= 0.6 is 0 Å². The number of carbonyl (C=O) groups is 1. The number of rotatable bonds is 4. The van der Waals surface area contributed by atoms with Gasteiger partial charge in [-0.3, -0.25) is 14.6 Å². The van der Waals surface area contributed by atoms with Gasteiger partial charge in [-0.1, -0.05) is 24.3 Å². The van der Waals surface area contributed by atoms with E-state index in [-0.39, 0.29) is 6.54 Å². The van der Waals surface area contributed by atoms with E-state index in [4.69, 9.17) is 5.11 Å². The largest absolute Gasteiger partial charge is 0.480 e. The second-order valence-corrected chi connectivity index (χ2v) is 7.04. The number of likely N-dealkylation sites (tertiary alicyclic amines) is 1. The molecule has 3 rings (SSSR count). The Kier molecular flexibility index (Phi) is 5.34. The van der Waals surface area contributed by atoms with Gasteiger partial charge in [-0.2, -0.15) is 0 Å². The maximum atomic E-state index is 10.9. The number of benzene rings is 1. The molecule has 0 aromatic heterocycles. The van der Waals surface area contributed by atoms with Gasteiger partial charge in [-0.05, 0) is 63.2 Å². The Bertz CT molecular complexity index is 546. The smallest absolute Gasteiger partial charge is 0.317 e. The van der Waals surface area contributed by atoms with Crippen LogP contribution in [-0.4, -0.2) is 53.6 Å². The minimum Gasteiger partial charge on any atom is -0.480 e. The number of aryl methyl sites for hydroxylation is 1. The van der Waals surface area contributed by atoms with Gasteiger partial charge in [0.25, 0.3) is 0 Å². The minimum absolute atomic E-state index is 0.150. The number of aliphatic carboxylic acids is 1. The molecule has 2 unspecified atom stereocenters. The van der Waals surface area contributed by atoms with Crippen molar-refractivity contribution in [2.75, 3.05) is 26.7 Å². The zero-order chi connectivity index (χ0) is 16.2. The maximum absolute atomic E-state index is 10.9. The highest BCUT2D eigenvalue weighted by molar-refractivity contribution is 5.69. The number of hydrogen-bond acceptors (Lipinski definition) is 3. The fourth-order valence-corrected chi connectivity index (χ4v) is 4.30. The first-order chi connectivity index (χ1) is 11.1. The van der Waals surface area contributed by atoms with Gasteiger partial charge in [0, 0.05) is 18.6 Å². The Labute approximate surface area is 139 Å². The molecule has 2 atom stereocenters. The van der Waals surface area contributed by atoms with Crippen LogP contribution in [0.1, 0.15) is 49.3 Å². The number of carboxylic acid groups (broad SMARTS) is 1. The average molecular weight is 316 g/mol. The molecule has 1 aromatic rings. The van der Waals surface area contributed by atoms with Crippen LogP contribution < -0.4 is 0 Å². The van der Waals surface area contributed by atoms with E-state index in [9.17, 15) is 4.79 Å². The van der Waals surface area contributed by atoms with Crippen molar-refractivity contribution in [3.63, 3.8) is 0 Å². The van der Waals surface area contributed by atoms with Gasteiger partial charge in [-0.25, -0.2) is 0 Å². The fourth-order valence-electron chi connectivity index (χ4n) is 4.30. The molecule has 1 saturated heterocycles. The highest BCUT2D eigenvalue weighted by atomic mass is 16.4. The minimum atomic E-state index is -0.727. The molecule has 1 aliphatic heterocycles. The first kappa shape index (κ1) is 16.5. The number of carboxylic acids is 1. The van der Waals surface area contributed by atoms with Crippen LogP contribution in [0.5, 0.6) is 0 Å². The van der Waals surface area contributed by atoms with Gasteiger partial charge in [0.05, 0.1) is 6.54 Å². The van der Waals surface area contributed by atoms with Crippen LogP contribution in [0.2, 0.25) is 0 Å². The van der Waals surface area contributed by atoms with Crippen molar-refractivity contribution in [3.05, 3.63) is 35.4 Å². The zero-order valence-electron chi connectivity index (χ0n) is 14.1. The van der Waals surface area contributed by atoms with E-state index in [0.29, 0.717) is 12.1 Å². The van der Waals surface area contributed by atoms with Gasteiger partial charge in [0.15, 0.2) is 0 Å². The van der Waals surface area contributed by atoms with Crippen LogP contribution in [-0.2, 0) is 11.2 Å². The van der Waals surface area contributed by atoms with E-state index < -0.39 is 5.97 Å². The monoisotopic (exact) mass is 316 g/mol. The molecule has 2 aliphatic rings. The third-order valence-corrected chi connectivity index (χ3v) is 5.52. The first-order valence-corrected chi connectivity index (χ1v) is 8.89. The number of likely N-dealkylation sites (N-methyl/N-ethyl adjacent to an activating group) is 1. The molecule has 4 nitrogen and oxygen atoms in total. The molecular weight excluding hydrogens is 288 g/mol. The van der Waals surface area contributed by atoms with Gasteiger partial charge in [-0.15, -0.1) is 0 Å². The predicted octanol–water partition coefficient (Wildman–Crippen LogP) is 2.93. The summed E-state index contributed by atoms with van der Waals surface area (Å²) in [5.74, 6) is -0.727. The molecule has 126 valence electrons. The predicted molar refractivity (Wildman–Crippen MR) is 91.6 cm³/mol. The van der Waals surface area contributed by atoms with Gasteiger partial charge >= 0.3 is 5.97 Å². The van der Waals surface area contributed by atoms with Crippen molar-refractivity contribution in [3.8, 4) is 0 Å². The summed E-state index contributed by atoms with van der Waals surface area (Å²) >= 11 is 0. The van der Waals surface area contributed by atoms with E-state index in [1.165, 1.54) is 30.4 Å². The first-order valence-electron chi connectivity index (χ1n) is 8.89. The zero-order valence-corrected chi connectivity index (χ0v) is 14.1. The normalized spacial score (nSPS) is 25.8. The Morgan fingerprint density at radius 2 is 2.04 bits per heavy atom. The topological polar surface area (TPSA) is 43.8 Å². The molecule has 23 heavy (non-hydrogen) atoms. The standard InChI is InChI=1S/C19H28N2O2/c1-20(14-19(22)23)16-8-5-12-21(13-11-16)18-10-4-7-15-6-2-3-9-17(15)18/h2-3,6,9,16,18H,4-5,7-8,10-14H2,1H3,(H,22,23). The Morgan fingerprint density at radius 3 is 2.87 bits per heavy atom. The van der Waals surface area contributed by atoms with Crippen LogP contribution in [0.25, 0.3) is 0 Å². The third kappa shape index (κ3) is 3.93. The summed E-state index contributed by atoms with van der Waals surface area (Å²) in [5.41, 5.74) is 3.05. The molecule has 0 saturated carbocycles. The second-order valence-electron chi connectivity index (χ2n) is 7.04. The molecule has 0 spiro atoms. The molecule has 4 heteroatoms. The van der Waals surface area contributed by atoms with Crippen LogP contribution in [0.15, 0.2) is 24.3 Å². The molecule has 0 bridgehead atoms. The number of hydrogen-bond donors (Lipinski definition) is 1. The Balaban J connectivity index is 1.66. The summed E-state index contributed by atoms with van der Waals surface area (Å²) in [5, 5.41) is 9.00. The molecule has 0 amide bonds. The van der Waals surface area contributed by atoms with Crippen molar-refractivity contribution in [2.24, 2.45) is 0 Å². The lowest BCUT2D eigenvalue weighted by molar-refractivity contribution is -0.138. The van der Waals surface area contributed by atoms with Crippen LogP contribution in [0.3, 0.4) is 0 Å². The van der Waals surface area contributed by atoms with E-state index in [1.807, 2.05) is 11.9 Å². The van der Waals surface area contributed by atoms with Gasteiger partial charge in [0.2, 0.25) is 0 Å². The summed E-state index contributed by atoms with van der Waals surface area (Å²) in [4.78, 5) is 15.6. The van der Waals surface area contributed by atoms with Crippen molar-refractivity contribution in [1.29, 1.82) is 0 Å². The summed E-state index contributed by atoms with van der Waals surface area (Å²) in [7, 11) is 1.95. The highest BCUT2D eigenvalue weighted by Crippen LogP contribution is 2.35. The molecule has 1 heterocycles. The molecular formula is C19H28N2O2. The Hall–Kier alpha value is -1.39. The lowest BCUT2D eigenvalue weighted by Crippen LogP contribution is -2.37. The number of fused-ring (bicyclic) bond motifs is 1. The summed E-state index contributed by atoms with van der Waals surface area (Å²) in [6.45, 7) is 2.36. The maximum Gasteiger partial charge on any atom is 0.317 e. The Morgan fingerprint density at radius 1 is 1.22 bits per heavy atom. The van der Waals surface area contributed by atoms with Crippen molar-refractivity contribution in [1.82, 2.24) is 9.80 Å². The van der Waals surface area contributed by atoms with Gasteiger partial charge in [0.1, 0.15) is 0 Å². The average Bonchev–Trinajstić information content (AvgIpc) is 2.80. The summed E-state index contributed by atoms with van der Waals surface area (Å²) in [6, 6.07) is 9.86. The number of nitrogens with zero attached hydrogens (tertiary/aromatic N) is 2. The molecule has 1 N–H and O–H groups in total. The van der Waals surface area contributed by atoms with Crippen molar-refractivity contribution >= 4 is 5.97 Å². The summed E-state index contributed by atoms with van der Waals surface area (Å²) < 4.78 is 0. The molecule has 1 aliphatic carbocycles.